The summed E-state index contributed by atoms with van der Waals surface area (Å²) in [5.74, 6) is 2.17. The third-order valence-electron chi connectivity index (χ3n) is 2.14. The van der Waals surface area contributed by atoms with E-state index in [2.05, 4.69) is 24.1 Å². The topological polar surface area (TPSA) is 26.0 Å². The Morgan fingerprint density at radius 2 is 2.15 bits per heavy atom. The zero-order chi connectivity index (χ0) is 9.26. The highest BCUT2D eigenvalue weighted by Crippen LogP contribution is 2.20. The van der Waals surface area contributed by atoms with Crippen LogP contribution in [0.3, 0.4) is 0 Å². The predicted molar refractivity (Wildman–Crippen MR) is 53.1 cm³/mol. The molecule has 0 bridgehead atoms. The van der Waals surface area contributed by atoms with E-state index in [0.29, 0.717) is 5.92 Å². The Labute approximate surface area is 78.0 Å². The van der Waals surface area contributed by atoms with Crippen LogP contribution in [0.15, 0.2) is 16.6 Å². The number of allylic oxidation sites excluding steroid dienone is 2. The highest BCUT2D eigenvalue weighted by molar-refractivity contribution is 5.61. The Balaban J connectivity index is 2.42. The number of rotatable bonds is 1. The van der Waals surface area contributed by atoms with Crippen LogP contribution >= 0.6 is 0 Å². The number of aromatic nitrogens is 1. The van der Waals surface area contributed by atoms with E-state index in [1.807, 2.05) is 19.1 Å². The standard InChI is InChI=1S/C11H13NO/c1-3-11-12-9-6-4-8(2)5-7-10(9)13-11/h4-8H,3H2,1-2H3. The first kappa shape index (κ1) is 8.30. The van der Waals surface area contributed by atoms with Gasteiger partial charge in [0.25, 0.3) is 0 Å². The summed E-state index contributed by atoms with van der Waals surface area (Å²) in [7, 11) is 0. The molecule has 2 rings (SSSR count). The van der Waals surface area contributed by atoms with Gasteiger partial charge in [0, 0.05) is 6.42 Å². The summed E-state index contributed by atoms with van der Waals surface area (Å²) in [6, 6.07) is 0. The molecular weight excluding hydrogens is 162 g/mol. The number of oxazole rings is 1. The largest absolute Gasteiger partial charge is 0.441 e. The van der Waals surface area contributed by atoms with Crippen molar-refractivity contribution in [2.75, 3.05) is 0 Å². The molecule has 0 aliphatic heterocycles. The molecule has 2 nitrogen and oxygen atoms in total. The highest BCUT2D eigenvalue weighted by Gasteiger charge is 2.09. The lowest BCUT2D eigenvalue weighted by molar-refractivity contribution is 0.494. The molecule has 0 radical (unpaired) electrons. The molecule has 0 fully saturated rings. The first-order valence-corrected chi connectivity index (χ1v) is 4.65. The molecule has 0 saturated heterocycles. The molecular formula is C11H13NO. The fraction of sp³-hybridized carbons (Fsp3) is 0.364. The van der Waals surface area contributed by atoms with Gasteiger partial charge in [-0.3, -0.25) is 0 Å². The number of fused-ring (bicyclic) bond motifs is 1. The molecule has 1 atom stereocenters. The van der Waals surface area contributed by atoms with Gasteiger partial charge in [-0.15, -0.1) is 0 Å². The van der Waals surface area contributed by atoms with Gasteiger partial charge in [0.1, 0.15) is 5.69 Å². The van der Waals surface area contributed by atoms with Gasteiger partial charge in [0.15, 0.2) is 11.7 Å². The molecule has 13 heavy (non-hydrogen) atoms. The molecule has 1 heterocycles. The van der Waals surface area contributed by atoms with E-state index in [1.165, 1.54) is 0 Å². The van der Waals surface area contributed by atoms with Gasteiger partial charge in [-0.25, -0.2) is 4.98 Å². The second-order valence-corrected chi connectivity index (χ2v) is 3.29. The van der Waals surface area contributed by atoms with Crippen molar-refractivity contribution in [1.82, 2.24) is 4.98 Å². The molecule has 0 saturated carbocycles. The van der Waals surface area contributed by atoms with Crippen molar-refractivity contribution in [2.45, 2.75) is 20.3 Å². The van der Waals surface area contributed by atoms with E-state index >= 15 is 0 Å². The Kier molecular flexibility index (Phi) is 2.05. The fourth-order valence-corrected chi connectivity index (χ4v) is 1.33. The average Bonchev–Trinajstić information content (AvgIpc) is 2.47. The first-order valence-electron chi connectivity index (χ1n) is 4.65. The summed E-state index contributed by atoms with van der Waals surface area (Å²) in [5, 5.41) is 0. The van der Waals surface area contributed by atoms with Gasteiger partial charge in [0.05, 0.1) is 0 Å². The third-order valence-corrected chi connectivity index (χ3v) is 2.14. The summed E-state index contributed by atoms with van der Waals surface area (Å²) < 4.78 is 5.53. The second kappa shape index (κ2) is 3.21. The Hall–Kier alpha value is -1.31. The minimum Gasteiger partial charge on any atom is -0.441 e. The van der Waals surface area contributed by atoms with Crippen molar-refractivity contribution >= 4 is 12.2 Å². The SMILES string of the molecule is CCc1nc2c(o1)C=CC(C)C=C2. The Bertz CT molecular complexity index is 329. The van der Waals surface area contributed by atoms with Gasteiger partial charge < -0.3 is 4.42 Å². The minimum absolute atomic E-state index is 0.467. The van der Waals surface area contributed by atoms with Gasteiger partial charge in [-0.1, -0.05) is 26.0 Å². The molecule has 2 heteroatoms. The van der Waals surface area contributed by atoms with Crippen LogP contribution in [0.4, 0.5) is 0 Å². The molecule has 0 aromatic carbocycles. The summed E-state index contributed by atoms with van der Waals surface area (Å²) in [5.41, 5.74) is 0.956. The molecule has 68 valence electrons. The van der Waals surface area contributed by atoms with Gasteiger partial charge in [-0.2, -0.15) is 0 Å². The lowest BCUT2D eigenvalue weighted by atomic mass is 10.2. The van der Waals surface area contributed by atoms with Crippen molar-refractivity contribution < 1.29 is 4.42 Å². The van der Waals surface area contributed by atoms with E-state index in [9.17, 15) is 0 Å². The molecule has 1 aromatic rings. The summed E-state index contributed by atoms with van der Waals surface area (Å²) in [6.45, 7) is 4.18. The average molecular weight is 175 g/mol. The van der Waals surface area contributed by atoms with Crippen LogP contribution in [-0.2, 0) is 6.42 Å². The van der Waals surface area contributed by atoms with Gasteiger partial charge in [0.2, 0.25) is 0 Å². The molecule has 1 aliphatic carbocycles. The predicted octanol–water partition coefficient (Wildman–Crippen LogP) is 2.91. The van der Waals surface area contributed by atoms with Crippen molar-refractivity contribution in [3.63, 3.8) is 0 Å². The molecule has 1 aliphatic rings. The van der Waals surface area contributed by atoms with Gasteiger partial charge in [-0.05, 0) is 18.1 Å². The van der Waals surface area contributed by atoms with Crippen LogP contribution in [0.5, 0.6) is 0 Å². The number of hydrogen-bond acceptors (Lipinski definition) is 2. The van der Waals surface area contributed by atoms with Crippen LogP contribution in [0.1, 0.15) is 31.2 Å². The van der Waals surface area contributed by atoms with Crippen molar-refractivity contribution in [3.8, 4) is 0 Å². The van der Waals surface area contributed by atoms with Crippen molar-refractivity contribution in [1.29, 1.82) is 0 Å². The van der Waals surface area contributed by atoms with E-state index in [-0.39, 0.29) is 0 Å². The minimum atomic E-state index is 0.467. The smallest absolute Gasteiger partial charge is 0.195 e. The molecule has 1 aromatic heterocycles. The fourth-order valence-electron chi connectivity index (χ4n) is 1.33. The maximum Gasteiger partial charge on any atom is 0.195 e. The Morgan fingerprint density at radius 3 is 2.92 bits per heavy atom. The lowest BCUT2D eigenvalue weighted by Crippen LogP contribution is -1.80. The van der Waals surface area contributed by atoms with Crippen molar-refractivity contribution in [3.05, 3.63) is 29.5 Å². The molecule has 0 spiro atoms. The van der Waals surface area contributed by atoms with Crippen LogP contribution in [0, 0.1) is 5.92 Å². The van der Waals surface area contributed by atoms with Crippen LogP contribution in [0.2, 0.25) is 0 Å². The van der Waals surface area contributed by atoms with E-state index in [4.69, 9.17) is 4.42 Å². The number of hydrogen-bond donors (Lipinski definition) is 0. The maximum atomic E-state index is 5.53. The van der Waals surface area contributed by atoms with Gasteiger partial charge >= 0.3 is 0 Å². The van der Waals surface area contributed by atoms with Crippen LogP contribution in [-0.4, -0.2) is 4.98 Å². The summed E-state index contributed by atoms with van der Waals surface area (Å²) in [6.07, 6.45) is 9.14. The van der Waals surface area contributed by atoms with Crippen molar-refractivity contribution in [2.24, 2.45) is 5.92 Å². The van der Waals surface area contributed by atoms with Crippen LogP contribution < -0.4 is 0 Å². The quantitative estimate of drug-likeness (QED) is 0.656. The zero-order valence-electron chi connectivity index (χ0n) is 7.95. The normalized spacial score (nSPS) is 20.0. The molecule has 1 unspecified atom stereocenters. The third kappa shape index (κ3) is 1.57. The molecule has 0 amide bonds. The number of aryl methyl sites for hydroxylation is 1. The summed E-state index contributed by atoms with van der Waals surface area (Å²) in [4.78, 5) is 4.36. The summed E-state index contributed by atoms with van der Waals surface area (Å²) >= 11 is 0. The highest BCUT2D eigenvalue weighted by atomic mass is 16.4. The maximum absolute atomic E-state index is 5.53. The monoisotopic (exact) mass is 175 g/mol. The Morgan fingerprint density at radius 1 is 1.38 bits per heavy atom. The van der Waals surface area contributed by atoms with Crippen LogP contribution in [0.25, 0.3) is 12.2 Å². The lowest BCUT2D eigenvalue weighted by Gasteiger charge is -1.91. The number of nitrogens with zero attached hydrogens (tertiary/aromatic N) is 1. The van der Waals surface area contributed by atoms with E-state index < -0.39 is 0 Å². The van der Waals surface area contributed by atoms with E-state index in [1.54, 1.807) is 0 Å². The zero-order valence-corrected chi connectivity index (χ0v) is 7.95. The molecule has 0 N–H and O–H groups in total. The van der Waals surface area contributed by atoms with E-state index in [0.717, 1.165) is 23.8 Å². The second-order valence-electron chi connectivity index (χ2n) is 3.29. The first-order chi connectivity index (χ1) is 6.29.